The van der Waals surface area contributed by atoms with Gasteiger partial charge in [0.1, 0.15) is 10.7 Å². The highest BCUT2D eigenvalue weighted by molar-refractivity contribution is 7.89. The Hall–Kier alpha value is -1.22. The Morgan fingerprint density at radius 3 is 2.39 bits per heavy atom. The Morgan fingerprint density at radius 2 is 1.87 bits per heavy atom. The minimum atomic E-state index is -3.80. The quantitative estimate of drug-likeness (QED) is 0.796. The van der Waals surface area contributed by atoms with Gasteiger partial charge in [-0.2, -0.15) is 4.31 Å². The predicted molar refractivity (Wildman–Crippen MR) is 85.3 cm³/mol. The van der Waals surface area contributed by atoms with Gasteiger partial charge in [-0.3, -0.25) is 4.79 Å². The number of benzene rings is 1. The normalized spacial score (nSPS) is 16.8. The van der Waals surface area contributed by atoms with Crippen LogP contribution in [0.1, 0.15) is 0 Å². The lowest BCUT2D eigenvalue weighted by Gasteiger charge is -2.34. The average Bonchev–Trinajstić information content (AvgIpc) is 2.46. The third-order valence-corrected chi connectivity index (χ3v) is 5.94. The van der Waals surface area contributed by atoms with Crippen LogP contribution in [-0.2, 0) is 14.8 Å². The molecule has 0 aliphatic carbocycles. The summed E-state index contributed by atoms with van der Waals surface area (Å²) in [6.45, 7) is 1.32. The van der Waals surface area contributed by atoms with E-state index in [1.165, 1.54) is 4.31 Å². The number of carbonyl (C=O) groups excluding carboxylic acids is 1. The van der Waals surface area contributed by atoms with Gasteiger partial charge in [0, 0.05) is 26.2 Å². The highest BCUT2D eigenvalue weighted by Gasteiger charge is 2.31. The first-order chi connectivity index (χ1) is 10.7. The fourth-order valence-electron chi connectivity index (χ4n) is 2.37. The van der Waals surface area contributed by atoms with Crippen molar-refractivity contribution >= 4 is 27.5 Å². The number of amides is 1. The van der Waals surface area contributed by atoms with Crippen LogP contribution in [0, 0.1) is 5.82 Å². The second-order valence-electron chi connectivity index (χ2n) is 5.60. The molecule has 23 heavy (non-hydrogen) atoms. The number of hydrogen-bond acceptors (Lipinski definition) is 4. The number of likely N-dealkylation sites (N-methyl/N-ethyl adjacent to an activating group) is 1. The van der Waals surface area contributed by atoms with E-state index < -0.39 is 15.8 Å². The van der Waals surface area contributed by atoms with Crippen molar-refractivity contribution in [1.82, 2.24) is 14.1 Å². The summed E-state index contributed by atoms with van der Waals surface area (Å²) in [5.74, 6) is -0.625. The molecule has 6 nitrogen and oxygen atoms in total. The summed E-state index contributed by atoms with van der Waals surface area (Å²) in [5.41, 5.74) is 0. The zero-order valence-corrected chi connectivity index (χ0v) is 14.6. The van der Waals surface area contributed by atoms with Crippen molar-refractivity contribution in [3.05, 3.63) is 29.0 Å². The molecule has 9 heteroatoms. The van der Waals surface area contributed by atoms with Crippen LogP contribution in [0.5, 0.6) is 0 Å². The van der Waals surface area contributed by atoms with Crippen LogP contribution in [-0.4, -0.2) is 75.2 Å². The van der Waals surface area contributed by atoms with E-state index in [1.54, 1.807) is 23.9 Å². The maximum atomic E-state index is 13.1. The summed E-state index contributed by atoms with van der Waals surface area (Å²) >= 11 is 5.85. The smallest absolute Gasteiger partial charge is 0.244 e. The van der Waals surface area contributed by atoms with Gasteiger partial charge in [0.25, 0.3) is 0 Å². The van der Waals surface area contributed by atoms with Crippen molar-refractivity contribution in [2.75, 3.05) is 46.8 Å². The molecule has 0 spiro atoms. The molecule has 1 heterocycles. The number of sulfonamides is 1. The predicted octanol–water partition coefficient (Wildman–Crippen LogP) is 0.874. The Bertz CT molecular complexity index is 689. The number of rotatable bonds is 4. The minimum Gasteiger partial charge on any atom is -0.339 e. The van der Waals surface area contributed by atoms with Crippen LogP contribution in [0.4, 0.5) is 4.39 Å². The van der Waals surface area contributed by atoms with Gasteiger partial charge < -0.3 is 9.80 Å². The first-order valence-electron chi connectivity index (χ1n) is 7.09. The third kappa shape index (κ3) is 4.20. The summed E-state index contributed by atoms with van der Waals surface area (Å²) in [6, 6.07) is 3.21. The highest BCUT2D eigenvalue weighted by atomic mass is 35.5. The molecule has 1 aliphatic heterocycles. The molecule has 0 aromatic heterocycles. The van der Waals surface area contributed by atoms with Gasteiger partial charge in [0.05, 0.1) is 11.6 Å². The largest absolute Gasteiger partial charge is 0.339 e. The number of hydrogen-bond donors (Lipinski definition) is 0. The first-order valence-corrected chi connectivity index (χ1v) is 8.91. The monoisotopic (exact) mass is 363 g/mol. The zero-order chi connectivity index (χ0) is 17.2. The van der Waals surface area contributed by atoms with Crippen molar-refractivity contribution in [3.8, 4) is 0 Å². The van der Waals surface area contributed by atoms with Crippen LogP contribution in [0.3, 0.4) is 0 Å². The molecular weight excluding hydrogens is 345 g/mol. The zero-order valence-electron chi connectivity index (χ0n) is 13.0. The number of piperazine rings is 1. The van der Waals surface area contributed by atoms with Gasteiger partial charge in [0.2, 0.25) is 15.9 Å². The van der Waals surface area contributed by atoms with E-state index in [9.17, 15) is 17.6 Å². The van der Waals surface area contributed by atoms with E-state index in [2.05, 4.69) is 0 Å². The molecule has 1 fully saturated rings. The molecule has 0 bridgehead atoms. The van der Waals surface area contributed by atoms with Gasteiger partial charge >= 0.3 is 0 Å². The Labute approximate surface area is 140 Å². The van der Waals surface area contributed by atoms with E-state index in [0.717, 1.165) is 18.2 Å². The van der Waals surface area contributed by atoms with Crippen LogP contribution in [0.15, 0.2) is 23.1 Å². The molecule has 128 valence electrons. The molecular formula is C14H19ClFN3O3S. The van der Waals surface area contributed by atoms with Crippen molar-refractivity contribution in [2.24, 2.45) is 0 Å². The molecule has 0 N–H and O–H groups in total. The molecule has 1 aromatic rings. The molecule has 1 saturated heterocycles. The summed E-state index contributed by atoms with van der Waals surface area (Å²) < 4.78 is 39.5. The van der Waals surface area contributed by atoms with Gasteiger partial charge in [0.15, 0.2) is 0 Å². The Kier molecular flexibility index (Phi) is 5.61. The van der Waals surface area contributed by atoms with Gasteiger partial charge in [-0.15, -0.1) is 0 Å². The minimum absolute atomic E-state index is 0.0353. The van der Waals surface area contributed by atoms with Crippen LogP contribution in [0.25, 0.3) is 0 Å². The second kappa shape index (κ2) is 7.12. The summed E-state index contributed by atoms with van der Waals surface area (Å²) in [7, 11) is -0.194. The van der Waals surface area contributed by atoms with Crippen molar-refractivity contribution < 1.29 is 17.6 Å². The van der Waals surface area contributed by atoms with Gasteiger partial charge in [-0.1, -0.05) is 11.6 Å². The lowest BCUT2D eigenvalue weighted by atomic mass is 10.3. The molecule has 0 saturated carbocycles. The lowest BCUT2D eigenvalue weighted by Crippen LogP contribution is -2.52. The van der Waals surface area contributed by atoms with Crippen molar-refractivity contribution in [3.63, 3.8) is 0 Å². The van der Waals surface area contributed by atoms with E-state index >= 15 is 0 Å². The maximum Gasteiger partial charge on any atom is 0.244 e. The van der Waals surface area contributed by atoms with E-state index in [4.69, 9.17) is 11.6 Å². The Balaban J connectivity index is 2.08. The topological polar surface area (TPSA) is 60.9 Å². The maximum absolute atomic E-state index is 13.1. The SMILES string of the molecule is CN(C)CC(=O)N1CCN(S(=O)(=O)c2ccc(F)cc2Cl)CC1. The highest BCUT2D eigenvalue weighted by Crippen LogP contribution is 2.26. The molecule has 1 aliphatic rings. The fraction of sp³-hybridized carbons (Fsp3) is 0.500. The molecule has 0 unspecified atom stereocenters. The average molecular weight is 364 g/mol. The molecule has 1 amide bonds. The third-order valence-electron chi connectivity index (χ3n) is 3.55. The van der Waals surface area contributed by atoms with E-state index in [1.807, 2.05) is 0 Å². The van der Waals surface area contributed by atoms with Crippen molar-refractivity contribution in [1.29, 1.82) is 0 Å². The molecule has 2 rings (SSSR count). The fourth-order valence-corrected chi connectivity index (χ4v) is 4.30. The van der Waals surface area contributed by atoms with E-state index in [0.29, 0.717) is 13.1 Å². The van der Waals surface area contributed by atoms with Crippen LogP contribution >= 0.6 is 11.6 Å². The molecule has 0 atom stereocenters. The molecule has 1 aromatic carbocycles. The van der Waals surface area contributed by atoms with Crippen molar-refractivity contribution in [2.45, 2.75) is 4.90 Å². The summed E-state index contributed by atoms with van der Waals surface area (Å²) in [6.07, 6.45) is 0. The van der Waals surface area contributed by atoms with Crippen LogP contribution < -0.4 is 0 Å². The van der Waals surface area contributed by atoms with Gasteiger partial charge in [-0.05, 0) is 32.3 Å². The van der Waals surface area contributed by atoms with Gasteiger partial charge in [-0.25, -0.2) is 12.8 Å². The number of carbonyl (C=O) groups is 1. The van der Waals surface area contributed by atoms with Crippen LogP contribution in [0.2, 0.25) is 5.02 Å². The lowest BCUT2D eigenvalue weighted by molar-refractivity contribution is -0.133. The number of nitrogens with zero attached hydrogens (tertiary/aromatic N) is 3. The molecule has 0 radical (unpaired) electrons. The van der Waals surface area contributed by atoms with E-state index in [-0.39, 0.29) is 35.5 Å². The first kappa shape index (κ1) is 18.1. The Morgan fingerprint density at radius 1 is 1.26 bits per heavy atom. The second-order valence-corrected chi connectivity index (χ2v) is 7.91. The summed E-state index contributed by atoms with van der Waals surface area (Å²) in [5, 5.41) is -0.142. The number of halogens is 2. The summed E-state index contributed by atoms with van der Waals surface area (Å²) in [4.78, 5) is 15.3. The standard InChI is InChI=1S/C14H19ClFN3O3S/c1-17(2)10-14(20)18-5-7-19(8-6-18)23(21,22)13-4-3-11(16)9-12(13)15/h3-4,9H,5-8,10H2,1-2H3.